The number of rotatable bonds is 11. The highest BCUT2D eigenvalue weighted by Gasteiger charge is 2.26. The van der Waals surface area contributed by atoms with Gasteiger partial charge in [0.25, 0.3) is 0 Å². The molecule has 30 heavy (non-hydrogen) atoms. The molecule has 2 unspecified atom stereocenters. The average Bonchev–Trinajstić information content (AvgIpc) is 2.73. The van der Waals surface area contributed by atoms with Gasteiger partial charge in [-0.3, -0.25) is 0 Å². The largest absolute Gasteiger partial charge is 0.441 e. The SMILES string of the molecule is CC(C)(CCC#N)CNCC(O)C(Cc1ccccc1)NC(=O)OC1COCOC1. The number of nitriles is 1. The van der Waals surface area contributed by atoms with Crippen LogP contribution in [0.25, 0.3) is 0 Å². The minimum absolute atomic E-state index is 0.0578. The number of amides is 1. The van der Waals surface area contributed by atoms with Crippen molar-refractivity contribution >= 4 is 6.09 Å². The monoisotopic (exact) mass is 419 g/mol. The van der Waals surface area contributed by atoms with Crippen molar-refractivity contribution in [3.05, 3.63) is 35.9 Å². The molecule has 1 aliphatic rings. The molecule has 2 rings (SSSR count). The zero-order valence-corrected chi connectivity index (χ0v) is 17.8. The molecule has 0 aromatic heterocycles. The van der Waals surface area contributed by atoms with Gasteiger partial charge in [0, 0.05) is 19.5 Å². The Hall–Kier alpha value is -2.18. The van der Waals surface area contributed by atoms with Crippen LogP contribution in [-0.2, 0) is 20.6 Å². The number of hydrogen-bond acceptors (Lipinski definition) is 7. The standard InChI is InChI=1S/C22H33N3O5/c1-22(2,9-6-10-23)15-24-12-20(26)19(11-17-7-4-3-5-8-17)25-21(27)30-18-13-28-16-29-14-18/h3-5,7-8,18-20,24,26H,6,9,11-16H2,1-2H3,(H,25,27). The molecule has 1 saturated heterocycles. The normalized spacial score (nSPS) is 17.0. The van der Waals surface area contributed by atoms with E-state index in [4.69, 9.17) is 19.5 Å². The number of carbonyl (C=O) groups is 1. The average molecular weight is 420 g/mol. The molecule has 1 fully saturated rings. The van der Waals surface area contributed by atoms with Crippen LogP contribution in [0.1, 0.15) is 32.3 Å². The fourth-order valence-electron chi connectivity index (χ4n) is 3.21. The topological polar surface area (TPSA) is 113 Å². The van der Waals surface area contributed by atoms with E-state index in [1.807, 2.05) is 30.3 Å². The van der Waals surface area contributed by atoms with Crippen LogP contribution in [-0.4, -0.2) is 62.5 Å². The van der Waals surface area contributed by atoms with E-state index in [1.54, 1.807) is 0 Å². The summed E-state index contributed by atoms with van der Waals surface area (Å²) in [5, 5.41) is 25.6. The smallest absolute Gasteiger partial charge is 0.407 e. The first kappa shape index (κ1) is 24.1. The van der Waals surface area contributed by atoms with Crippen LogP contribution in [0.2, 0.25) is 0 Å². The van der Waals surface area contributed by atoms with E-state index < -0.39 is 24.3 Å². The van der Waals surface area contributed by atoms with Gasteiger partial charge < -0.3 is 30.0 Å². The van der Waals surface area contributed by atoms with E-state index >= 15 is 0 Å². The van der Waals surface area contributed by atoms with Gasteiger partial charge in [-0.2, -0.15) is 5.26 Å². The molecule has 0 radical (unpaired) electrons. The summed E-state index contributed by atoms with van der Waals surface area (Å²) in [5.41, 5.74) is 0.943. The first-order valence-electron chi connectivity index (χ1n) is 10.3. The number of aliphatic hydroxyl groups is 1. The molecule has 1 amide bonds. The molecular formula is C22H33N3O5. The Balaban J connectivity index is 1.90. The second kappa shape index (κ2) is 12.5. The molecule has 1 aromatic carbocycles. The minimum atomic E-state index is -0.816. The summed E-state index contributed by atoms with van der Waals surface area (Å²) in [4.78, 5) is 12.4. The van der Waals surface area contributed by atoms with Crippen LogP contribution in [0, 0.1) is 16.7 Å². The number of hydrogen-bond donors (Lipinski definition) is 3. The molecule has 1 heterocycles. The van der Waals surface area contributed by atoms with E-state index in [-0.39, 0.29) is 12.2 Å². The van der Waals surface area contributed by atoms with E-state index in [2.05, 4.69) is 30.6 Å². The highest BCUT2D eigenvalue weighted by atomic mass is 16.7. The molecule has 0 spiro atoms. The molecule has 0 saturated carbocycles. The van der Waals surface area contributed by atoms with Crippen LogP contribution < -0.4 is 10.6 Å². The Morgan fingerprint density at radius 1 is 1.33 bits per heavy atom. The quantitative estimate of drug-likeness (QED) is 0.503. The molecule has 2 atom stereocenters. The highest BCUT2D eigenvalue weighted by Crippen LogP contribution is 2.20. The van der Waals surface area contributed by atoms with Crippen molar-refractivity contribution in [3.63, 3.8) is 0 Å². The van der Waals surface area contributed by atoms with Gasteiger partial charge >= 0.3 is 6.09 Å². The summed E-state index contributed by atoms with van der Waals surface area (Å²) >= 11 is 0. The van der Waals surface area contributed by atoms with Crippen molar-refractivity contribution in [2.45, 2.75) is 51.4 Å². The molecule has 0 bridgehead atoms. The number of carbonyl (C=O) groups excluding carboxylic acids is 1. The van der Waals surface area contributed by atoms with Crippen LogP contribution in [0.5, 0.6) is 0 Å². The molecule has 0 aliphatic carbocycles. The first-order valence-corrected chi connectivity index (χ1v) is 10.3. The van der Waals surface area contributed by atoms with Gasteiger partial charge in [-0.15, -0.1) is 0 Å². The van der Waals surface area contributed by atoms with Crippen LogP contribution >= 0.6 is 0 Å². The third-order valence-electron chi connectivity index (χ3n) is 4.98. The first-order chi connectivity index (χ1) is 14.4. The van der Waals surface area contributed by atoms with Crippen molar-refractivity contribution in [1.29, 1.82) is 5.26 Å². The van der Waals surface area contributed by atoms with E-state index in [1.165, 1.54) is 0 Å². The summed E-state index contributed by atoms with van der Waals surface area (Å²) < 4.78 is 15.6. The number of ether oxygens (including phenoxy) is 3. The summed E-state index contributed by atoms with van der Waals surface area (Å²) in [7, 11) is 0. The number of aliphatic hydroxyl groups excluding tert-OH is 1. The van der Waals surface area contributed by atoms with Gasteiger partial charge in [-0.05, 0) is 23.8 Å². The van der Waals surface area contributed by atoms with Gasteiger partial charge in [0.15, 0.2) is 6.10 Å². The fraction of sp³-hybridized carbons (Fsp3) is 0.636. The van der Waals surface area contributed by atoms with E-state index in [0.717, 1.165) is 12.0 Å². The summed E-state index contributed by atoms with van der Waals surface area (Å²) in [6, 6.07) is 11.3. The van der Waals surface area contributed by atoms with Crippen molar-refractivity contribution in [3.8, 4) is 6.07 Å². The predicted molar refractivity (Wildman–Crippen MR) is 112 cm³/mol. The zero-order chi connectivity index (χ0) is 21.8. The lowest BCUT2D eigenvalue weighted by atomic mass is 9.88. The number of benzene rings is 1. The lowest BCUT2D eigenvalue weighted by Crippen LogP contribution is -2.50. The third kappa shape index (κ3) is 9.09. The van der Waals surface area contributed by atoms with Gasteiger partial charge in [0.05, 0.1) is 31.4 Å². The molecule has 8 heteroatoms. The Morgan fingerprint density at radius 2 is 2.03 bits per heavy atom. The predicted octanol–water partition coefficient (Wildman–Crippen LogP) is 1.98. The maximum Gasteiger partial charge on any atom is 0.407 e. The third-order valence-corrected chi connectivity index (χ3v) is 4.98. The van der Waals surface area contributed by atoms with Crippen molar-refractivity contribution in [1.82, 2.24) is 10.6 Å². The highest BCUT2D eigenvalue weighted by molar-refractivity contribution is 5.68. The van der Waals surface area contributed by atoms with Gasteiger partial charge in [0.2, 0.25) is 0 Å². The minimum Gasteiger partial charge on any atom is -0.441 e. The Morgan fingerprint density at radius 3 is 2.70 bits per heavy atom. The molecule has 3 N–H and O–H groups in total. The van der Waals surface area contributed by atoms with Crippen molar-refractivity contribution in [2.75, 3.05) is 33.1 Å². The molecule has 166 valence electrons. The molecule has 8 nitrogen and oxygen atoms in total. The zero-order valence-electron chi connectivity index (χ0n) is 17.8. The van der Waals surface area contributed by atoms with Crippen molar-refractivity contribution in [2.24, 2.45) is 5.41 Å². The second-order valence-corrected chi connectivity index (χ2v) is 8.35. The molecule has 1 aromatic rings. The number of nitrogens with zero attached hydrogens (tertiary/aromatic N) is 1. The molecule has 1 aliphatic heterocycles. The maximum absolute atomic E-state index is 12.4. The van der Waals surface area contributed by atoms with Crippen LogP contribution in [0.15, 0.2) is 30.3 Å². The fourth-order valence-corrected chi connectivity index (χ4v) is 3.21. The van der Waals surface area contributed by atoms with E-state index in [0.29, 0.717) is 39.1 Å². The lowest BCUT2D eigenvalue weighted by molar-refractivity contribution is -0.151. The Kier molecular flexibility index (Phi) is 10.0. The van der Waals surface area contributed by atoms with Crippen molar-refractivity contribution < 1.29 is 24.1 Å². The van der Waals surface area contributed by atoms with Crippen LogP contribution in [0.3, 0.4) is 0 Å². The second-order valence-electron chi connectivity index (χ2n) is 8.35. The number of alkyl carbamates (subject to hydrolysis) is 1. The van der Waals surface area contributed by atoms with Gasteiger partial charge in [-0.25, -0.2) is 4.79 Å². The Bertz CT molecular complexity index is 671. The molecular weight excluding hydrogens is 386 g/mol. The summed E-state index contributed by atoms with van der Waals surface area (Å²) in [6.07, 6.45) is -0.153. The Labute approximate surface area is 178 Å². The van der Waals surface area contributed by atoms with E-state index in [9.17, 15) is 9.90 Å². The maximum atomic E-state index is 12.4. The lowest BCUT2D eigenvalue weighted by Gasteiger charge is -2.29. The van der Waals surface area contributed by atoms with Gasteiger partial charge in [-0.1, -0.05) is 44.2 Å². The van der Waals surface area contributed by atoms with Crippen LogP contribution in [0.4, 0.5) is 4.79 Å². The van der Waals surface area contributed by atoms with Gasteiger partial charge in [0.1, 0.15) is 6.79 Å². The summed E-state index contributed by atoms with van der Waals surface area (Å²) in [5.74, 6) is 0. The number of nitrogens with one attached hydrogen (secondary N) is 2. The summed E-state index contributed by atoms with van der Waals surface area (Å²) in [6.45, 7) is 5.91.